The predicted molar refractivity (Wildman–Crippen MR) is 56.2 cm³/mol. The SMILES string of the molecule is O=C1CCN(C2CCSCC2)CC1. The van der Waals surface area contributed by atoms with E-state index in [0.29, 0.717) is 5.78 Å². The number of thioether (sulfide) groups is 1. The highest BCUT2D eigenvalue weighted by Gasteiger charge is 2.24. The summed E-state index contributed by atoms with van der Waals surface area (Å²) in [7, 11) is 0. The second-order valence-electron chi connectivity index (χ2n) is 3.92. The molecule has 0 amide bonds. The van der Waals surface area contributed by atoms with Crippen LogP contribution >= 0.6 is 11.8 Å². The van der Waals surface area contributed by atoms with Crippen molar-refractivity contribution in [2.24, 2.45) is 0 Å². The van der Waals surface area contributed by atoms with Crippen molar-refractivity contribution in [3.05, 3.63) is 0 Å². The lowest BCUT2D eigenvalue weighted by Gasteiger charge is -2.36. The van der Waals surface area contributed by atoms with Crippen LogP contribution in [0.3, 0.4) is 0 Å². The molecule has 74 valence electrons. The van der Waals surface area contributed by atoms with Crippen LogP contribution in [0.4, 0.5) is 0 Å². The van der Waals surface area contributed by atoms with Gasteiger partial charge >= 0.3 is 0 Å². The monoisotopic (exact) mass is 199 g/mol. The Kier molecular flexibility index (Phi) is 3.28. The summed E-state index contributed by atoms with van der Waals surface area (Å²) >= 11 is 2.07. The van der Waals surface area contributed by atoms with Gasteiger partial charge in [0.2, 0.25) is 0 Å². The molecule has 13 heavy (non-hydrogen) atoms. The molecule has 0 spiro atoms. The second-order valence-corrected chi connectivity index (χ2v) is 5.14. The van der Waals surface area contributed by atoms with E-state index in [-0.39, 0.29) is 0 Å². The summed E-state index contributed by atoms with van der Waals surface area (Å²) in [6.45, 7) is 2.04. The molecule has 2 rings (SSSR count). The average molecular weight is 199 g/mol. The normalized spacial score (nSPS) is 27.8. The molecule has 0 aromatic rings. The Hall–Kier alpha value is -0.0200. The number of hydrogen-bond donors (Lipinski definition) is 0. The fraction of sp³-hybridized carbons (Fsp3) is 0.900. The van der Waals surface area contributed by atoms with E-state index in [1.54, 1.807) is 0 Å². The van der Waals surface area contributed by atoms with E-state index in [9.17, 15) is 4.79 Å². The molecule has 0 saturated carbocycles. The van der Waals surface area contributed by atoms with Crippen molar-refractivity contribution >= 4 is 17.5 Å². The molecule has 2 saturated heterocycles. The molecule has 0 aliphatic carbocycles. The summed E-state index contributed by atoms with van der Waals surface area (Å²) in [6.07, 6.45) is 4.25. The van der Waals surface area contributed by atoms with Gasteiger partial charge in [-0.3, -0.25) is 9.69 Å². The molecule has 2 nitrogen and oxygen atoms in total. The van der Waals surface area contributed by atoms with Crippen molar-refractivity contribution in [2.45, 2.75) is 31.7 Å². The first-order valence-corrected chi connectivity index (χ1v) is 6.35. The summed E-state index contributed by atoms with van der Waals surface area (Å²) < 4.78 is 0. The van der Waals surface area contributed by atoms with E-state index in [4.69, 9.17) is 0 Å². The standard InChI is InChI=1S/C10H17NOS/c12-10-1-5-11(6-2-10)9-3-7-13-8-4-9/h9H,1-8H2. The van der Waals surface area contributed by atoms with Gasteiger partial charge in [-0.25, -0.2) is 0 Å². The van der Waals surface area contributed by atoms with Crippen LogP contribution in [0.5, 0.6) is 0 Å². The van der Waals surface area contributed by atoms with Crippen LogP contribution in [0.2, 0.25) is 0 Å². The van der Waals surface area contributed by atoms with Crippen LogP contribution in [0.15, 0.2) is 0 Å². The Bertz CT molecular complexity index is 179. The summed E-state index contributed by atoms with van der Waals surface area (Å²) in [5.41, 5.74) is 0. The number of Topliss-reactive ketones (excluding diaryl/α,β-unsaturated/α-hetero) is 1. The van der Waals surface area contributed by atoms with Crippen LogP contribution < -0.4 is 0 Å². The number of carbonyl (C=O) groups excluding carboxylic acids is 1. The largest absolute Gasteiger partial charge is 0.300 e. The molecule has 0 radical (unpaired) electrons. The van der Waals surface area contributed by atoms with Crippen LogP contribution in [0.25, 0.3) is 0 Å². The van der Waals surface area contributed by atoms with Crippen LogP contribution in [0, 0.1) is 0 Å². The van der Waals surface area contributed by atoms with Crippen LogP contribution in [-0.2, 0) is 4.79 Å². The maximum Gasteiger partial charge on any atom is 0.135 e. The third-order valence-electron chi connectivity index (χ3n) is 3.06. The van der Waals surface area contributed by atoms with E-state index in [2.05, 4.69) is 16.7 Å². The van der Waals surface area contributed by atoms with E-state index < -0.39 is 0 Å². The fourth-order valence-electron chi connectivity index (χ4n) is 2.19. The molecule has 2 heterocycles. The predicted octanol–water partition coefficient (Wildman–Crippen LogP) is 1.55. The minimum Gasteiger partial charge on any atom is -0.300 e. The maximum absolute atomic E-state index is 11.1. The Morgan fingerprint density at radius 3 is 2.38 bits per heavy atom. The number of hydrogen-bond acceptors (Lipinski definition) is 3. The molecule has 0 atom stereocenters. The minimum atomic E-state index is 0.460. The number of carbonyl (C=O) groups is 1. The Balaban J connectivity index is 1.82. The average Bonchev–Trinajstić information content (AvgIpc) is 2.20. The van der Waals surface area contributed by atoms with Crippen molar-refractivity contribution in [2.75, 3.05) is 24.6 Å². The van der Waals surface area contributed by atoms with E-state index in [1.807, 2.05) is 0 Å². The lowest BCUT2D eigenvalue weighted by Crippen LogP contribution is -2.43. The van der Waals surface area contributed by atoms with Gasteiger partial charge in [0.15, 0.2) is 0 Å². The topological polar surface area (TPSA) is 20.3 Å². The zero-order chi connectivity index (χ0) is 9.10. The van der Waals surface area contributed by atoms with E-state index in [1.165, 1.54) is 24.3 Å². The molecule has 2 aliphatic heterocycles. The Morgan fingerprint density at radius 1 is 1.15 bits per heavy atom. The highest BCUT2D eigenvalue weighted by atomic mass is 32.2. The van der Waals surface area contributed by atoms with Gasteiger partial charge < -0.3 is 0 Å². The lowest BCUT2D eigenvalue weighted by molar-refractivity contribution is -0.121. The molecular formula is C10H17NOS. The molecule has 0 N–H and O–H groups in total. The van der Waals surface area contributed by atoms with Crippen molar-refractivity contribution in [1.82, 2.24) is 4.90 Å². The summed E-state index contributed by atoms with van der Waals surface area (Å²) in [5.74, 6) is 3.09. The van der Waals surface area contributed by atoms with Gasteiger partial charge in [0.1, 0.15) is 5.78 Å². The fourth-order valence-corrected chi connectivity index (χ4v) is 3.27. The minimum absolute atomic E-state index is 0.460. The molecule has 0 aromatic heterocycles. The van der Waals surface area contributed by atoms with Gasteiger partial charge in [-0.1, -0.05) is 0 Å². The van der Waals surface area contributed by atoms with E-state index >= 15 is 0 Å². The van der Waals surface area contributed by atoms with Crippen molar-refractivity contribution < 1.29 is 4.79 Å². The van der Waals surface area contributed by atoms with Crippen molar-refractivity contribution in [3.63, 3.8) is 0 Å². The van der Waals surface area contributed by atoms with E-state index in [0.717, 1.165) is 32.0 Å². The number of piperidine rings is 1. The first-order valence-electron chi connectivity index (χ1n) is 5.20. The smallest absolute Gasteiger partial charge is 0.135 e. The highest BCUT2D eigenvalue weighted by molar-refractivity contribution is 7.99. The third-order valence-corrected chi connectivity index (χ3v) is 4.11. The third kappa shape index (κ3) is 2.47. The molecule has 2 aliphatic rings. The van der Waals surface area contributed by atoms with Gasteiger partial charge in [0.25, 0.3) is 0 Å². The summed E-state index contributed by atoms with van der Waals surface area (Å²) in [5, 5.41) is 0. The molecule has 3 heteroatoms. The van der Waals surface area contributed by atoms with Gasteiger partial charge in [-0.05, 0) is 24.3 Å². The quantitative estimate of drug-likeness (QED) is 0.639. The van der Waals surface area contributed by atoms with Crippen LogP contribution in [0.1, 0.15) is 25.7 Å². The second kappa shape index (κ2) is 4.47. The highest BCUT2D eigenvalue weighted by Crippen LogP contribution is 2.23. The van der Waals surface area contributed by atoms with Gasteiger partial charge in [-0.2, -0.15) is 11.8 Å². The number of ketones is 1. The molecule has 0 unspecified atom stereocenters. The van der Waals surface area contributed by atoms with Crippen molar-refractivity contribution in [1.29, 1.82) is 0 Å². The van der Waals surface area contributed by atoms with Crippen LogP contribution in [-0.4, -0.2) is 41.3 Å². The number of likely N-dealkylation sites (tertiary alicyclic amines) is 1. The summed E-state index contributed by atoms with van der Waals surface area (Å²) in [6, 6.07) is 0.786. The Labute approximate surface area is 84.1 Å². The molecular weight excluding hydrogens is 182 g/mol. The lowest BCUT2D eigenvalue weighted by atomic mass is 10.0. The Morgan fingerprint density at radius 2 is 1.77 bits per heavy atom. The first-order chi connectivity index (χ1) is 6.36. The molecule has 2 fully saturated rings. The molecule has 0 aromatic carbocycles. The summed E-state index contributed by atoms with van der Waals surface area (Å²) in [4.78, 5) is 13.6. The first kappa shape index (κ1) is 9.53. The maximum atomic E-state index is 11.1. The zero-order valence-electron chi connectivity index (χ0n) is 8.00. The van der Waals surface area contributed by atoms with Crippen molar-refractivity contribution in [3.8, 4) is 0 Å². The molecule has 0 bridgehead atoms. The van der Waals surface area contributed by atoms with Gasteiger partial charge in [0, 0.05) is 32.0 Å². The number of rotatable bonds is 1. The number of nitrogens with zero attached hydrogens (tertiary/aromatic N) is 1. The zero-order valence-corrected chi connectivity index (χ0v) is 8.81. The van der Waals surface area contributed by atoms with Gasteiger partial charge in [-0.15, -0.1) is 0 Å². The van der Waals surface area contributed by atoms with Gasteiger partial charge in [0.05, 0.1) is 0 Å².